The van der Waals surface area contributed by atoms with E-state index in [0.717, 1.165) is 22.5 Å². The molecule has 9 heteroatoms. The molecule has 2 N–H and O–H groups in total. The third-order valence-corrected chi connectivity index (χ3v) is 6.85. The maximum absolute atomic E-state index is 13.2. The van der Waals surface area contributed by atoms with Crippen LogP contribution in [0, 0.1) is 20.8 Å². The summed E-state index contributed by atoms with van der Waals surface area (Å²) < 4.78 is 10.6. The number of ether oxygens (including phenoxy) is 1. The van der Waals surface area contributed by atoms with E-state index in [1.54, 1.807) is 51.1 Å². The van der Waals surface area contributed by atoms with Gasteiger partial charge in [0.15, 0.2) is 0 Å². The summed E-state index contributed by atoms with van der Waals surface area (Å²) in [6, 6.07) is 13.9. The molecule has 8 nitrogen and oxygen atoms in total. The second-order valence-electron chi connectivity index (χ2n) is 8.93. The zero-order valence-electron chi connectivity index (χ0n) is 21.1. The number of hydrogen-bond donors (Lipinski definition) is 2. The molecule has 2 heterocycles. The van der Waals surface area contributed by atoms with Crippen molar-refractivity contribution in [3.8, 4) is 0 Å². The van der Waals surface area contributed by atoms with E-state index in [0.29, 0.717) is 22.2 Å². The first-order valence-electron chi connectivity index (χ1n) is 11.6. The van der Waals surface area contributed by atoms with Gasteiger partial charge in [-0.25, -0.2) is 9.59 Å². The Morgan fingerprint density at radius 2 is 1.68 bits per heavy atom. The maximum Gasteiger partial charge on any atom is 0.349 e. The Balaban J connectivity index is 1.71. The zero-order valence-corrected chi connectivity index (χ0v) is 21.9. The molecule has 0 aliphatic carbocycles. The van der Waals surface area contributed by atoms with Crippen LogP contribution in [0.15, 0.2) is 57.7 Å². The number of nitrogens with one attached hydrogen (secondary N) is 2. The van der Waals surface area contributed by atoms with E-state index in [-0.39, 0.29) is 21.0 Å². The number of para-hydroxylation sites is 1. The predicted octanol–water partition coefficient (Wildman–Crippen LogP) is 5.85. The van der Waals surface area contributed by atoms with Gasteiger partial charge in [-0.1, -0.05) is 35.9 Å². The molecule has 0 unspecified atom stereocenters. The number of carbonyl (C=O) groups is 3. The van der Waals surface area contributed by atoms with Crippen LogP contribution >= 0.6 is 11.3 Å². The Bertz CT molecular complexity index is 1600. The largest absolute Gasteiger partial charge is 0.459 e. The summed E-state index contributed by atoms with van der Waals surface area (Å²) in [5, 5.41) is 6.17. The highest BCUT2D eigenvalue weighted by atomic mass is 32.1. The smallest absolute Gasteiger partial charge is 0.349 e. The fourth-order valence-electron chi connectivity index (χ4n) is 3.86. The van der Waals surface area contributed by atoms with E-state index in [1.807, 2.05) is 26.0 Å². The molecule has 0 saturated heterocycles. The fourth-order valence-corrected chi connectivity index (χ4v) is 4.95. The van der Waals surface area contributed by atoms with Crippen molar-refractivity contribution in [2.75, 3.05) is 10.6 Å². The molecule has 0 radical (unpaired) electrons. The van der Waals surface area contributed by atoms with Gasteiger partial charge in [0.1, 0.15) is 16.1 Å². The summed E-state index contributed by atoms with van der Waals surface area (Å²) in [5.74, 6) is -1.88. The lowest BCUT2D eigenvalue weighted by Crippen LogP contribution is -2.22. The first kappa shape index (κ1) is 25.8. The number of esters is 1. The lowest BCUT2D eigenvalue weighted by Gasteiger charge is -2.10. The molecule has 0 saturated carbocycles. The number of amides is 2. The summed E-state index contributed by atoms with van der Waals surface area (Å²) in [6.45, 7) is 8.86. The van der Waals surface area contributed by atoms with Crippen LogP contribution in [-0.2, 0) is 4.74 Å². The number of fused-ring (bicyclic) bond motifs is 1. The van der Waals surface area contributed by atoms with E-state index in [2.05, 4.69) is 10.6 Å². The van der Waals surface area contributed by atoms with Gasteiger partial charge >= 0.3 is 11.6 Å². The Labute approximate surface area is 217 Å². The third-order valence-electron chi connectivity index (χ3n) is 5.64. The van der Waals surface area contributed by atoms with E-state index in [1.165, 1.54) is 6.07 Å². The van der Waals surface area contributed by atoms with E-state index < -0.39 is 29.5 Å². The number of rotatable bonds is 6. The van der Waals surface area contributed by atoms with Gasteiger partial charge in [-0.05, 0) is 63.9 Å². The topological polar surface area (TPSA) is 115 Å². The van der Waals surface area contributed by atoms with Crippen molar-refractivity contribution in [3.05, 3.63) is 91.6 Å². The second-order valence-corrected chi connectivity index (χ2v) is 9.95. The van der Waals surface area contributed by atoms with Crippen molar-refractivity contribution in [2.24, 2.45) is 0 Å². The minimum absolute atomic E-state index is 0.0583. The van der Waals surface area contributed by atoms with Crippen molar-refractivity contribution in [1.82, 2.24) is 0 Å². The minimum Gasteiger partial charge on any atom is -0.459 e. The average molecular weight is 519 g/mol. The predicted molar refractivity (Wildman–Crippen MR) is 144 cm³/mol. The minimum atomic E-state index is -0.816. The second kappa shape index (κ2) is 10.4. The van der Waals surface area contributed by atoms with Gasteiger partial charge in [0.25, 0.3) is 11.8 Å². The molecule has 2 aromatic heterocycles. The highest BCUT2D eigenvalue weighted by molar-refractivity contribution is 7.19. The van der Waals surface area contributed by atoms with Crippen LogP contribution in [0.1, 0.15) is 60.9 Å². The van der Waals surface area contributed by atoms with E-state index >= 15 is 0 Å². The first-order valence-corrected chi connectivity index (χ1v) is 12.4. The molecule has 37 heavy (non-hydrogen) atoms. The maximum atomic E-state index is 13.2. The summed E-state index contributed by atoms with van der Waals surface area (Å²) >= 11 is 0.933. The van der Waals surface area contributed by atoms with Crippen LogP contribution in [-0.4, -0.2) is 23.9 Å². The zero-order chi connectivity index (χ0) is 26.9. The Kier molecular flexibility index (Phi) is 7.26. The third kappa shape index (κ3) is 5.46. The van der Waals surface area contributed by atoms with Gasteiger partial charge in [-0.3, -0.25) is 9.59 Å². The van der Waals surface area contributed by atoms with Gasteiger partial charge in [0, 0.05) is 11.1 Å². The number of hydrogen-bond acceptors (Lipinski definition) is 7. The summed E-state index contributed by atoms with van der Waals surface area (Å²) in [7, 11) is 0. The SMILES string of the molecule is Cc1ccc(NC(=O)c2sc(NC(=O)c3cc4ccccc4oc3=O)c(C(=O)OC(C)C)c2C)c(C)c1. The molecule has 2 amide bonds. The van der Waals surface area contributed by atoms with Gasteiger partial charge in [0.2, 0.25) is 0 Å². The van der Waals surface area contributed by atoms with Crippen LogP contribution in [0.5, 0.6) is 0 Å². The van der Waals surface area contributed by atoms with Crippen LogP contribution in [0.3, 0.4) is 0 Å². The summed E-state index contributed by atoms with van der Waals surface area (Å²) in [5.41, 5.74) is 2.31. The molecule has 2 aromatic carbocycles. The van der Waals surface area contributed by atoms with Gasteiger partial charge in [-0.15, -0.1) is 11.3 Å². The molecule has 0 spiro atoms. The number of aryl methyl sites for hydroxylation is 2. The molecule has 0 aliphatic rings. The molecule has 0 bridgehead atoms. The van der Waals surface area contributed by atoms with E-state index in [9.17, 15) is 19.2 Å². The summed E-state index contributed by atoms with van der Waals surface area (Å²) in [6.07, 6.45) is -0.421. The van der Waals surface area contributed by atoms with Crippen LogP contribution < -0.4 is 16.3 Å². The van der Waals surface area contributed by atoms with Crippen molar-refractivity contribution < 1.29 is 23.5 Å². The fraction of sp³-hybridized carbons (Fsp3) is 0.214. The molecule has 4 rings (SSSR count). The Morgan fingerprint density at radius 1 is 0.946 bits per heavy atom. The van der Waals surface area contributed by atoms with Crippen molar-refractivity contribution in [1.29, 1.82) is 0 Å². The quantitative estimate of drug-likeness (QED) is 0.244. The molecule has 0 fully saturated rings. The molecule has 0 atom stereocenters. The number of anilines is 2. The molecular weight excluding hydrogens is 492 g/mol. The summed E-state index contributed by atoms with van der Waals surface area (Å²) in [4.78, 5) is 52.0. The lowest BCUT2D eigenvalue weighted by atomic mass is 10.1. The monoisotopic (exact) mass is 518 g/mol. The Hall–Kier alpha value is -4.24. The van der Waals surface area contributed by atoms with Gasteiger partial charge in [-0.2, -0.15) is 0 Å². The van der Waals surface area contributed by atoms with Crippen molar-refractivity contribution in [2.45, 2.75) is 40.7 Å². The molecular formula is C28H26N2O6S. The first-order chi connectivity index (χ1) is 17.5. The lowest BCUT2D eigenvalue weighted by molar-refractivity contribution is 0.0379. The van der Waals surface area contributed by atoms with Crippen LogP contribution in [0.25, 0.3) is 11.0 Å². The van der Waals surface area contributed by atoms with Gasteiger partial charge < -0.3 is 19.8 Å². The molecule has 4 aromatic rings. The average Bonchev–Trinajstić information content (AvgIpc) is 3.15. The Morgan fingerprint density at radius 3 is 2.38 bits per heavy atom. The molecule has 190 valence electrons. The number of carbonyl (C=O) groups excluding carboxylic acids is 3. The van der Waals surface area contributed by atoms with Crippen LogP contribution in [0.4, 0.5) is 10.7 Å². The highest BCUT2D eigenvalue weighted by Crippen LogP contribution is 2.35. The molecule has 0 aliphatic heterocycles. The normalized spacial score (nSPS) is 11.0. The van der Waals surface area contributed by atoms with Crippen molar-refractivity contribution >= 4 is 50.8 Å². The highest BCUT2D eigenvalue weighted by Gasteiger charge is 2.28. The van der Waals surface area contributed by atoms with Gasteiger partial charge in [0.05, 0.1) is 16.5 Å². The number of thiophene rings is 1. The van der Waals surface area contributed by atoms with Crippen LogP contribution in [0.2, 0.25) is 0 Å². The van der Waals surface area contributed by atoms with Crippen molar-refractivity contribution in [3.63, 3.8) is 0 Å². The number of benzene rings is 2. The standard InChI is InChI=1S/C28H26N2O6S/c1-14(2)35-28(34)22-17(5)23(25(32)29-20-11-10-15(3)12-16(20)4)37-26(22)30-24(31)19-13-18-8-6-7-9-21(18)36-27(19)33/h6-14H,1-5H3,(H,29,32)(H,30,31). The van der Waals surface area contributed by atoms with E-state index in [4.69, 9.17) is 9.15 Å².